The Bertz CT molecular complexity index is 1090. The van der Waals surface area contributed by atoms with E-state index in [0.717, 1.165) is 11.3 Å². The van der Waals surface area contributed by atoms with Crippen molar-refractivity contribution in [3.05, 3.63) is 61.8 Å². The number of anilines is 1. The van der Waals surface area contributed by atoms with Crippen LogP contribution in [0.1, 0.15) is 43.7 Å². The molecular weight excluding hydrogens is 362 g/mol. The lowest BCUT2D eigenvalue weighted by molar-refractivity contribution is -0.118. The van der Waals surface area contributed by atoms with E-state index in [9.17, 15) is 9.59 Å². The van der Waals surface area contributed by atoms with Crippen molar-refractivity contribution in [2.45, 2.75) is 32.6 Å². The molecule has 0 bridgehead atoms. The quantitative estimate of drug-likeness (QED) is 0.689. The van der Waals surface area contributed by atoms with Crippen LogP contribution in [0.4, 0.5) is 5.82 Å². The van der Waals surface area contributed by atoms with Crippen LogP contribution in [-0.4, -0.2) is 22.9 Å². The van der Waals surface area contributed by atoms with E-state index in [-0.39, 0.29) is 21.5 Å². The summed E-state index contributed by atoms with van der Waals surface area (Å²) in [6.07, 6.45) is 1.15. The lowest BCUT2D eigenvalue weighted by Crippen LogP contribution is -2.37. The van der Waals surface area contributed by atoms with Crippen molar-refractivity contribution >= 4 is 23.8 Å². The average molecular weight is 383 g/mol. The van der Waals surface area contributed by atoms with Gasteiger partial charge >= 0.3 is 0 Å². The molecule has 1 atom stereocenters. The number of carbonyl (C=O) groups excluding carboxylic acids is 1. The molecule has 7 heteroatoms. The molecule has 0 amide bonds. The molecule has 0 spiro atoms. The summed E-state index contributed by atoms with van der Waals surface area (Å²) < 4.78 is 5.78. The largest absolute Gasteiger partial charge is 0.496 e. The second-order valence-corrected chi connectivity index (χ2v) is 8.24. The van der Waals surface area contributed by atoms with E-state index < -0.39 is 5.92 Å². The minimum absolute atomic E-state index is 0.0529. The van der Waals surface area contributed by atoms with Gasteiger partial charge in [0.2, 0.25) is 0 Å². The minimum atomic E-state index is -0.508. The van der Waals surface area contributed by atoms with Crippen molar-refractivity contribution < 1.29 is 9.53 Å². The van der Waals surface area contributed by atoms with Crippen LogP contribution < -0.4 is 15.6 Å². The predicted molar refractivity (Wildman–Crippen MR) is 106 cm³/mol. The monoisotopic (exact) mass is 383 g/mol. The number of aromatic amines is 2. The number of H-pyrrole nitrogens is 2. The van der Waals surface area contributed by atoms with Crippen molar-refractivity contribution in [1.29, 1.82) is 0 Å². The molecule has 1 aromatic carbocycles. The minimum Gasteiger partial charge on any atom is -0.496 e. The van der Waals surface area contributed by atoms with Gasteiger partial charge in [-0.15, -0.1) is 0 Å². The van der Waals surface area contributed by atoms with Gasteiger partial charge in [-0.25, -0.2) is 0 Å². The molecule has 27 heavy (non-hydrogen) atoms. The van der Waals surface area contributed by atoms with Gasteiger partial charge in [-0.05, 0) is 30.1 Å². The molecule has 3 N–H and O–H groups in total. The number of nitrogens with one attached hydrogen (secondary N) is 3. The molecule has 1 aliphatic heterocycles. The van der Waals surface area contributed by atoms with E-state index >= 15 is 0 Å². The first-order valence-corrected chi connectivity index (χ1v) is 9.24. The molecule has 0 fully saturated rings. The van der Waals surface area contributed by atoms with E-state index in [1.165, 1.54) is 0 Å². The molecule has 140 valence electrons. The zero-order chi connectivity index (χ0) is 19.3. The van der Waals surface area contributed by atoms with Crippen LogP contribution in [0, 0.1) is 10.2 Å². The summed E-state index contributed by atoms with van der Waals surface area (Å²) in [4.78, 5) is 31.6. The van der Waals surface area contributed by atoms with Gasteiger partial charge in [-0.3, -0.25) is 14.6 Å². The lowest BCUT2D eigenvalue weighted by atomic mass is 9.69. The first-order valence-electron chi connectivity index (χ1n) is 8.83. The van der Waals surface area contributed by atoms with Gasteiger partial charge < -0.3 is 15.0 Å². The summed E-state index contributed by atoms with van der Waals surface area (Å²) in [6, 6.07) is 7.50. The summed E-state index contributed by atoms with van der Waals surface area (Å²) in [5, 5.41) is 3.28. The number of para-hydroxylation sites is 1. The summed E-state index contributed by atoms with van der Waals surface area (Å²) in [7, 11) is 1.59. The van der Waals surface area contributed by atoms with Gasteiger partial charge in [0, 0.05) is 23.3 Å². The molecule has 0 unspecified atom stereocenters. The zero-order valence-corrected chi connectivity index (χ0v) is 16.3. The topological polar surface area (TPSA) is 87.0 Å². The number of benzene rings is 1. The highest BCUT2D eigenvalue weighted by atomic mass is 32.1. The van der Waals surface area contributed by atoms with Gasteiger partial charge in [-0.1, -0.05) is 32.0 Å². The van der Waals surface area contributed by atoms with Gasteiger partial charge in [0.15, 0.2) is 10.6 Å². The van der Waals surface area contributed by atoms with Gasteiger partial charge in [-0.2, -0.15) is 0 Å². The molecule has 0 saturated heterocycles. The highest BCUT2D eigenvalue weighted by molar-refractivity contribution is 7.71. The van der Waals surface area contributed by atoms with E-state index in [4.69, 9.17) is 17.0 Å². The van der Waals surface area contributed by atoms with Crippen LogP contribution in [0.15, 0.2) is 40.3 Å². The van der Waals surface area contributed by atoms with Crippen molar-refractivity contribution in [2.24, 2.45) is 5.41 Å². The van der Waals surface area contributed by atoms with Crippen LogP contribution in [0.5, 0.6) is 5.75 Å². The van der Waals surface area contributed by atoms with E-state index in [2.05, 4.69) is 29.1 Å². The highest BCUT2D eigenvalue weighted by Crippen LogP contribution is 2.48. The normalized spacial score (nSPS) is 20.6. The molecule has 1 aliphatic carbocycles. The summed E-state index contributed by atoms with van der Waals surface area (Å²) in [6.45, 7) is 4.15. The number of fused-ring (bicyclic) bond motifs is 1. The van der Waals surface area contributed by atoms with Crippen LogP contribution in [0.3, 0.4) is 0 Å². The number of hydrogen-bond acceptors (Lipinski definition) is 5. The summed E-state index contributed by atoms with van der Waals surface area (Å²) in [5.41, 5.74) is 2.28. The molecule has 2 aromatic rings. The zero-order valence-electron chi connectivity index (χ0n) is 15.4. The molecule has 4 rings (SSSR count). The third-order valence-corrected chi connectivity index (χ3v) is 5.41. The van der Waals surface area contributed by atoms with Crippen LogP contribution >= 0.6 is 12.2 Å². The average Bonchev–Trinajstić information content (AvgIpc) is 2.58. The smallest absolute Gasteiger partial charge is 0.257 e. The van der Waals surface area contributed by atoms with Crippen LogP contribution in [0.25, 0.3) is 0 Å². The number of ketones is 1. The number of methoxy groups -OCH3 is 1. The fraction of sp³-hybridized carbons (Fsp3) is 0.350. The third-order valence-electron chi connectivity index (χ3n) is 5.20. The Morgan fingerprint density at radius 1 is 1.15 bits per heavy atom. The van der Waals surface area contributed by atoms with Crippen LogP contribution in [0.2, 0.25) is 0 Å². The number of aromatic nitrogens is 2. The van der Waals surface area contributed by atoms with Gasteiger partial charge in [0.05, 0.1) is 18.6 Å². The molecule has 1 aromatic heterocycles. The summed E-state index contributed by atoms with van der Waals surface area (Å²) >= 11 is 5.15. The Morgan fingerprint density at radius 2 is 1.89 bits per heavy atom. The Morgan fingerprint density at radius 3 is 2.63 bits per heavy atom. The Kier molecular flexibility index (Phi) is 4.07. The molecule has 6 nitrogen and oxygen atoms in total. The molecule has 0 saturated carbocycles. The van der Waals surface area contributed by atoms with Crippen molar-refractivity contribution in [3.63, 3.8) is 0 Å². The number of Topliss-reactive ketones (excluding diaryl/α,β-unsaturated/α-hetero) is 1. The number of allylic oxidation sites excluding steroid dienone is 2. The second-order valence-electron chi connectivity index (χ2n) is 7.83. The maximum Gasteiger partial charge on any atom is 0.257 e. The first kappa shape index (κ1) is 17.7. The summed E-state index contributed by atoms with van der Waals surface area (Å²) in [5.74, 6) is 0.731. The maximum atomic E-state index is 13.1. The molecule has 2 aliphatic rings. The number of hydrogen-bond donors (Lipinski definition) is 3. The van der Waals surface area contributed by atoms with Crippen molar-refractivity contribution in [2.75, 3.05) is 12.4 Å². The standard InChI is InChI=1S/C20H21N3O3S/c1-20(2)8-11-15(12(24)9-20)14(10-6-4-5-7-13(10)26-3)16-17(21-11)22-19(27)23-18(16)25/h4-7,14H,8-9H2,1-3H3,(H3,21,22,23,25,27)/t14-/m0/s1. The maximum absolute atomic E-state index is 13.1. The Balaban J connectivity index is 2.04. The van der Waals surface area contributed by atoms with Crippen molar-refractivity contribution in [3.8, 4) is 5.75 Å². The van der Waals surface area contributed by atoms with E-state index in [0.29, 0.717) is 35.5 Å². The fourth-order valence-corrected chi connectivity index (χ4v) is 4.36. The van der Waals surface area contributed by atoms with E-state index in [1.807, 2.05) is 24.3 Å². The lowest BCUT2D eigenvalue weighted by Gasteiger charge is -2.39. The Labute approximate surface area is 161 Å². The number of ether oxygens (including phenoxy) is 1. The number of rotatable bonds is 2. The van der Waals surface area contributed by atoms with Gasteiger partial charge in [0.1, 0.15) is 11.6 Å². The predicted octanol–water partition coefficient (Wildman–Crippen LogP) is 3.64. The highest BCUT2D eigenvalue weighted by Gasteiger charge is 2.42. The molecule has 2 heterocycles. The SMILES string of the molecule is COc1ccccc1[C@H]1C2=C(CC(C)(C)CC2=O)Nc2[nH]c(=S)[nH]c(=O)c21. The Hall–Kier alpha value is -2.67. The van der Waals surface area contributed by atoms with Crippen LogP contribution in [-0.2, 0) is 4.79 Å². The molecule has 0 radical (unpaired) electrons. The fourth-order valence-electron chi connectivity index (χ4n) is 4.16. The van der Waals surface area contributed by atoms with Gasteiger partial charge in [0.25, 0.3) is 5.56 Å². The first-order chi connectivity index (χ1) is 12.8. The van der Waals surface area contributed by atoms with Crippen molar-refractivity contribution in [1.82, 2.24) is 9.97 Å². The molecular formula is C20H21N3O3S. The van der Waals surface area contributed by atoms with E-state index in [1.54, 1.807) is 7.11 Å². The third kappa shape index (κ3) is 2.92. The second kappa shape index (κ2) is 6.20. The number of carbonyl (C=O) groups is 1.